The van der Waals surface area contributed by atoms with Crippen LogP contribution in [0.25, 0.3) is 0 Å². The Morgan fingerprint density at radius 3 is 2.75 bits per heavy atom. The molecule has 0 amide bonds. The van der Waals surface area contributed by atoms with E-state index >= 15 is 0 Å². The molecule has 0 spiro atoms. The molecule has 0 aliphatic carbocycles. The van der Waals surface area contributed by atoms with Crippen LogP contribution in [0.4, 0.5) is 0 Å². The Morgan fingerprint density at radius 1 is 1.50 bits per heavy atom. The smallest absolute Gasteiger partial charge is 0.00704 e. The molecular weight excluding hydrogens is 120 g/mol. The second kappa shape index (κ2) is 7.27. The molecule has 0 heterocycles. The van der Waals surface area contributed by atoms with Crippen LogP contribution in [0.2, 0.25) is 0 Å². The maximum atomic E-state index is 5.12. The number of nitrogens with one attached hydrogen (secondary N) is 1. The highest BCUT2D eigenvalue weighted by molar-refractivity contribution is 7.95. The topological polar surface area (TPSA) is 38.0 Å². The Labute approximate surface area is 55.5 Å². The van der Waals surface area contributed by atoms with Crippen LogP contribution in [0.5, 0.6) is 0 Å². The number of unbranched alkanes of at least 4 members (excludes halogenated alkanes) is 2. The summed E-state index contributed by atoms with van der Waals surface area (Å²) in [7, 11) is 0. The Balaban J connectivity index is 2.53. The van der Waals surface area contributed by atoms with Gasteiger partial charge in [0, 0.05) is 18.7 Å². The van der Waals surface area contributed by atoms with Crippen LogP contribution in [-0.4, -0.2) is 6.54 Å². The van der Waals surface area contributed by atoms with E-state index in [4.69, 9.17) is 5.14 Å². The van der Waals surface area contributed by atoms with E-state index in [-0.39, 0.29) is 0 Å². The fourth-order valence-electron chi connectivity index (χ4n) is 0.506. The van der Waals surface area contributed by atoms with Gasteiger partial charge in [-0.15, -0.1) is 0 Å². The van der Waals surface area contributed by atoms with Gasteiger partial charge in [-0.3, -0.25) is 9.86 Å². The molecule has 50 valence electrons. The number of hydrogen-bond donors (Lipinski definition) is 2. The first-order valence-electron chi connectivity index (χ1n) is 3.00. The lowest BCUT2D eigenvalue weighted by Crippen LogP contribution is -2.07. The molecule has 0 aliphatic rings. The van der Waals surface area contributed by atoms with Crippen LogP contribution in [0, 0.1) is 0 Å². The van der Waals surface area contributed by atoms with Crippen LogP contribution in [0.1, 0.15) is 26.2 Å². The molecule has 0 bridgehead atoms. The minimum absolute atomic E-state index is 1.04. The molecule has 0 saturated carbocycles. The van der Waals surface area contributed by atoms with Gasteiger partial charge >= 0.3 is 0 Å². The van der Waals surface area contributed by atoms with Gasteiger partial charge in [0.15, 0.2) is 0 Å². The standard InChI is InChI=1S/C5H14N2S/c1-2-3-4-5-7-8-6/h7H,2-6H2,1H3. The molecule has 0 aliphatic heterocycles. The fourth-order valence-corrected chi connectivity index (χ4v) is 0.768. The summed E-state index contributed by atoms with van der Waals surface area (Å²) in [6, 6.07) is 0. The third-order valence-corrected chi connectivity index (χ3v) is 1.34. The normalized spacial score (nSPS) is 9.75. The van der Waals surface area contributed by atoms with E-state index in [0.29, 0.717) is 0 Å². The second-order valence-electron chi connectivity index (χ2n) is 1.72. The molecule has 0 radical (unpaired) electrons. The van der Waals surface area contributed by atoms with Crippen LogP contribution in [0.3, 0.4) is 0 Å². The van der Waals surface area contributed by atoms with Gasteiger partial charge in [0.2, 0.25) is 0 Å². The number of rotatable bonds is 5. The SMILES string of the molecule is CCCCCNSN. The first-order chi connectivity index (χ1) is 3.91. The molecule has 8 heavy (non-hydrogen) atoms. The van der Waals surface area contributed by atoms with Crippen molar-refractivity contribution in [2.75, 3.05) is 6.54 Å². The summed E-state index contributed by atoms with van der Waals surface area (Å²) in [5.41, 5.74) is 0. The molecule has 0 saturated heterocycles. The van der Waals surface area contributed by atoms with Crippen molar-refractivity contribution in [3.8, 4) is 0 Å². The van der Waals surface area contributed by atoms with Crippen LogP contribution >= 0.6 is 12.1 Å². The zero-order valence-electron chi connectivity index (χ0n) is 5.31. The molecular formula is C5H14N2S. The van der Waals surface area contributed by atoms with E-state index in [1.807, 2.05) is 0 Å². The summed E-state index contributed by atoms with van der Waals surface area (Å²) in [5.74, 6) is 0. The summed E-state index contributed by atoms with van der Waals surface area (Å²) in [6.45, 7) is 3.23. The van der Waals surface area contributed by atoms with Gasteiger partial charge in [-0.1, -0.05) is 19.8 Å². The fraction of sp³-hybridized carbons (Fsp3) is 1.00. The van der Waals surface area contributed by atoms with Crippen molar-refractivity contribution >= 4 is 12.1 Å². The highest BCUT2D eigenvalue weighted by atomic mass is 32.2. The first kappa shape index (κ1) is 8.27. The van der Waals surface area contributed by atoms with Crippen molar-refractivity contribution in [3.05, 3.63) is 0 Å². The number of nitrogens with two attached hydrogens (primary N) is 1. The summed E-state index contributed by atoms with van der Waals surface area (Å²) in [6.07, 6.45) is 3.81. The first-order valence-corrected chi connectivity index (χ1v) is 3.88. The molecule has 2 nitrogen and oxygen atoms in total. The second-order valence-corrected chi connectivity index (χ2v) is 2.24. The maximum absolute atomic E-state index is 5.12. The molecule has 3 N–H and O–H groups in total. The van der Waals surface area contributed by atoms with Gasteiger partial charge in [-0.25, -0.2) is 0 Å². The molecule has 0 rings (SSSR count). The Bertz CT molecular complexity index is 35.4. The van der Waals surface area contributed by atoms with Crippen molar-refractivity contribution in [2.24, 2.45) is 5.14 Å². The lowest BCUT2D eigenvalue weighted by atomic mass is 10.3. The summed E-state index contributed by atoms with van der Waals surface area (Å²) in [4.78, 5) is 0. The van der Waals surface area contributed by atoms with Crippen LogP contribution in [0.15, 0.2) is 0 Å². The Morgan fingerprint density at radius 2 is 2.25 bits per heavy atom. The highest BCUT2D eigenvalue weighted by Crippen LogP contribution is 1.91. The average molecular weight is 134 g/mol. The van der Waals surface area contributed by atoms with E-state index in [1.54, 1.807) is 0 Å². The predicted octanol–water partition coefficient (Wildman–Crippen LogP) is 1.29. The van der Waals surface area contributed by atoms with Crippen LogP contribution in [-0.2, 0) is 0 Å². The molecule has 3 heteroatoms. The van der Waals surface area contributed by atoms with E-state index < -0.39 is 0 Å². The molecule has 0 fully saturated rings. The van der Waals surface area contributed by atoms with Gasteiger partial charge in [-0.2, -0.15) is 0 Å². The summed E-state index contributed by atoms with van der Waals surface area (Å²) < 4.78 is 2.98. The zero-order chi connectivity index (χ0) is 6.24. The van der Waals surface area contributed by atoms with E-state index in [9.17, 15) is 0 Å². The lowest BCUT2D eigenvalue weighted by Gasteiger charge is -1.96. The molecule has 0 aromatic rings. The lowest BCUT2D eigenvalue weighted by molar-refractivity contribution is 0.709. The minimum atomic E-state index is 1.04. The largest absolute Gasteiger partial charge is 0.264 e. The average Bonchev–Trinajstić information content (AvgIpc) is 1.81. The maximum Gasteiger partial charge on any atom is 0.00704 e. The van der Waals surface area contributed by atoms with Crippen molar-refractivity contribution in [2.45, 2.75) is 26.2 Å². The zero-order valence-corrected chi connectivity index (χ0v) is 6.13. The molecule has 0 aromatic carbocycles. The van der Waals surface area contributed by atoms with Gasteiger partial charge in [0.1, 0.15) is 0 Å². The Hall–Kier alpha value is 0.270. The summed E-state index contributed by atoms with van der Waals surface area (Å²) >= 11 is 1.20. The van der Waals surface area contributed by atoms with E-state index in [1.165, 1.54) is 31.4 Å². The quantitative estimate of drug-likeness (QED) is 0.439. The van der Waals surface area contributed by atoms with Crippen molar-refractivity contribution in [3.63, 3.8) is 0 Å². The van der Waals surface area contributed by atoms with Crippen LogP contribution < -0.4 is 9.86 Å². The van der Waals surface area contributed by atoms with Gasteiger partial charge < -0.3 is 0 Å². The minimum Gasteiger partial charge on any atom is -0.264 e. The molecule has 0 atom stereocenters. The third-order valence-electron chi connectivity index (χ3n) is 0.966. The highest BCUT2D eigenvalue weighted by Gasteiger charge is 1.82. The van der Waals surface area contributed by atoms with Gasteiger partial charge in [0.05, 0.1) is 0 Å². The predicted molar refractivity (Wildman–Crippen MR) is 39.3 cm³/mol. The van der Waals surface area contributed by atoms with Gasteiger partial charge in [0.25, 0.3) is 0 Å². The summed E-state index contributed by atoms with van der Waals surface area (Å²) in [5, 5.41) is 5.12. The monoisotopic (exact) mass is 134 g/mol. The number of hydrogen-bond acceptors (Lipinski definition) is 3. The third kappa shape index (κ3) is 6.27. The van der Waals surface area contributed by atoms with E-state index in [0.717, 1.165) is 6.54 Å². The molecule has 0 aromatic heterocycles. The van der Waals surface area contributed by atoms with Gasteiger partial charge in [-0.05, 0) is 6.42 Å². The van der Waals surface area contributed by atoms with Crippen molar-refractivity contribution < 1.29 is 0 Å². The Kier molecular flexibility index (Phi) is 7.52. The molecule has 0 unspecified atom stereocenters. The van der Waals surface area contributed by atoms with Crippen molar-refractivity contribution in [1.29, 1.82) is 0 Å². The van der Waals surface area contributed by atoms with E-state index in [2.05, 4.69) is 11.6 Å². The van der Waals surface area contributed by atoms with Crippen molar-refractivity contribution in [1.82, 2.24) is 4.72 Å².